The summed E-state index contributed by atoms with van der Waals surface area (Å²) < 4.78 is 25.1. The highest BCUT2D eigenvalue weighted by Gasteiger charge is 2.18. The topological polar surface area (TPSA) is 102 Å². The number of rotatable bonds is 8. The maximum absolute atomic E-state index is 13.2. The van der Waals surface area contributed by atoms with Crippen LogP contribution in [0.15, 0.2) is 65.3 Å². The van der Waals surface area contributed by atoms with Crippen LogP contribution in [0, 0.1) is 5.82 Å². The van der Waals surface area contributed by atoms with Gasteiger partial charge in [-0.1, -0.05) is 34.1 Å². The molecule has 4 aromatic rings. The Labute approximate surface area is 227 Å². The molecule has 2 aromatic heterocycles. The third-order valence-corrected chi connectivity index (χ3v) is 6.70. The van der Waals surface area contributed by atoms with Gasteiger partial charge in [-0.3, -0.25) is 4.90 Å². The number of benzene rings is 2. The Hall–Kier alpha value is -3.67. The number of morpholine rings is 1. The smallest absolute Gasteiger partial charge is 0.391 e. The van der Waals surface area contributed by atoms with Gasteiger partial charge in [-0.05, 0) is 49.4 Å². The zero-order valence-electron chi connectivity index (χ0n) is 20.5. The molecule has 0 radical (unpaired) electrons. The van der Waals surface area contributed by atoms with Gasteiger partial charge in [0, 0.05) is 52.5 Å². The highest BCUT2D eigenvalue weighted by Crippen LogP contribution is 2.36. The van der Waals surface area contributed by atoms with Crippen LogP contribution in [0.25, 0.3) is 22.2 Å². The molecule has 196 valence electrons. The molecule has 38 heavy (non-hydrogen) atoms. The second kappa shape index (κ2) is 12.2. The van der Waals surface area contributed by atoms with Gasteiger partial charge in [-0.2, -0.15) is 9.97 Å². The molecule has 1 saturated heterocycles. The Balaban J connectivity index is 1.35. The van der Waals surface area contributed by atoms with Gasteiger partial charge in [0.25, 0.3) is 0 Å². The molecule has 1 aliphatic heterocycles. The van der Waals surface area contributed by atoms with E-state index in [0.717, 1.165) is 49.3 Å². The van der Waals surface area contributed by atoms with Gasteiger partial charge >= 0.3 is 6.09 Å². The lowest BCUT2D eigenvalue weighted by molar-refractivity contribution is 0.0375. The van der Waals surface area contributed by atoms with Gasteiger partial charge < -0.3 is 20.1 Å². The van der Waals surface area contributed by atoms with Gasteiger partial charge in [0.2, 0.25) is 11.8 Å². The van der Waals surface area contributed by atoms with Crippen LogP contribution < -0.4 is 15.4 Å². The van der Waals surface area contributed by atoms with Crippen molar-refractivity contribution in [2.75, 3.05) is 44.7 Å². The fourth-order valence-corrected chi connectivity index (χ4v) is 4.56. The number of ether oxygens (including phenoxy) is 2. The van der Waals surface area contributed by atoms with Gasteiger partial charge in [0.05, 0.1) is 13.2 Å². The van der Waals surface area contributed by atoms with Gasteiger partial charge in [0.15, 0.2) is 5.65 Å². The summed E-state index contributed by atoms with van der Waals surface area (Å²) in [5.41, 5.74) is 2.40. The van der Waals surface area contributed by atoms with E-state index in [1.165, 1.54) is 12.1 Å². The highest BCUT2D eigenvalue weighted by atomic mass is 79.9. The summed E-state index contributed by atoms with van der Waals surface area (Å²) in [7, 11) is 0. The summed E-state index contributed by atoms with van der Waals surface area (Å²) >= 11 is 3.57. The van der Waals surface area contributed by atoms with E-state index in [1.807, 2.05) is 30.3 Å². The van der Waals surface area contributed by atoms with E-state index >= 15 is 0 Å². The number of anilines is 2. The normalized spacial score (nSPS) is 13.8. The van der Waals surface area contributed by atoms with Gasteiger partial charge in [0.1, 0.15) is 5.82 Å². The summed E-state index contributed by atoms with van der Waals surface area (Å²) in [5.74, 6) is 0.0719. The summed E-state index contributed by atoms with van der Waals surface area (Å²) in [6.45, 7) is 4.64. The number of carbonyl (C=O) groups is 1. The Morgan fingerprint density at radius 1 is 1.08 bits per heavy atom. The third kappa shape index (κ3) is 6.60. The zero-order chi connectivity index (χ0) is 26.3. The number of aromatic nitrogens is 3. The van der Waals surface area contributed by atoms with E-state index in [-0.39, 0.29) is 17.6 Å². The van der Waals surface area contributed by atoms with Crippen molar-refractivity contribution < 1.29 is 18.7 Å². The lowest BCUT2D eigenvalue weighted by atomic mass is 10.1. The van der Waals surface area contributed by atoms with Crippen molar-refractivity contribution in [2.24, 2.45) is 0 Å². The Morgan fingerprint density at radius 3 is 2.66 bits per heavy atom. The number of fused-ring (bicyclic) bond motifs is 1. The third-order valence-electron chi connectivity index (χ3n) is 6.01. The standard InChI is InChI=1S/C27H26BrFN6O3/c28-23-5-2-1-4-21(23)22-16-18-17-31-26(32-20-8-6-19(29)7-9-20)34-24(18)33-25(22)38-27(36)30-10-3-11-35-12-14-37-15-13-35/h1-2,4-9,16-17H,3,10-15H2,(H,30,36)(H,31,32,33,34). The Morgan fingerprint density at radius 2 is 1.87 bits per heavy atom. The van der Waals surface area contributed by atoms with Crippen LogP contribution in [-0.2, 0) is 4.74 Å². The SMILES string of the molecule is O=C(NCCCN1CCOCC1)Oc1nc2nc(Nc3ccc(F)cc3)ncc2cc1-c1ccccc1Br. The van der Waals surface area contributed by atoms with E-state index in [1.54, 1.807) is 18.3 Å². The fraction of sp³-hybridized carbons (Fsp3) is 0.259. The predicted molar refractivity (Wildman–Crippen MR) is 146 cm³/mol. The highest BCUT2D eigenvalue weighted by molar-refractivity contribution is 9.10. The second-order valence-electron chi connectivity index (χ2n) is 8.68. The number of carbonyl (C=O) groups excluding carboxylic acids is 1. The first-order valence-corrected chi connectivity index (χ1v) is 13.1. The number of nitrogens with zero attached hydrogens (tertiary/aromatic N) is 4. The number of nitrogens with one attached hydrogen (secondary N) is 2. The van der Waals surface area contributed by atoms with Crippen LogP contribution in [0.4, 0.5) is 20.8 Å². The minimum Gasteiger partial charge on any atom is -0.391 e. The van der Waals surface area contributed by atoms with E-state index in [9.17, 15) is 9.18 Å². The maximum Gasteiger partial charge on any atom is 0.413 e. The van der Waals surface area contributed by atoms with E-state index in [2.05, 4.69) is 46.4 Å². The molecule has 2 N–H and O–H groups in total. The molecule has 0 saturated carbocycles. The summed E-state index contributed by atoms with van der Waals surface area (Å²) in [6, 6.07) is 15.3. The molecule has 11 heteroatoms. The first kappa shape index (κ1) is 26.0. The molecule has 1 amide bonds. The molecule has 5 rings (SSSR count). The second-order valence-corrected chi connectivity index (χ2v) is 9.54. The van der Waals surface area contributed by atoms with Crippen molar-refractivity contribution in [3.63, 3.8) is 0 Å². The molecule has 0 atom stereocenters. The van der Waals surface area contributed by atoms with Crippen LogP contribution in [0.3, 0.4) is 0 Å². The van der Waals surface area contributed by atoms with Crippen molar-refractivity contribution in [1.82, 2.24) is 25.2 Å². The largest absolute Gasteiger partial charge is 0.413 e. The number of pyridine rings is 1. The van der Waals surface area contributed by atoms with Crippen LogP contribution in [-0.4, -0.2) is 65.3 Å². The molecule has 1 fully saturated rings. The van der Waals surface area contributed by atoms with Crippen molar-refractivity contribution in [1.29, 1.82) is 0 Å². The number of hydrogen-bond acceptors (Lipinski definition) is 8. The van der Waals surface area contributed by atoms with Gasteiger partial charge in [-0.15, -0.1) is 0 Å². The fourth-order valence-electron chi connectivity index (χ4n) is 4.06. The van der Waals surface area contributed by atoms with E-state index < -0.39 is 6.09 Å². The first-order chi connectivity index (χ1) is 18.5. The van der Waals surface area contributed by atoms with E-state index in [0.29, 0.717) is 28.8 Å². The van der Waals surface area contributed by atoms with Crippen molar-refractivity contribution in [2.45, 2.75) is 6.42 Å². The summed E-state index contributed by atoms with van der Waals surface area (Å²) in [6.07, 6.45) is 1.84. The minimum absolute atomic E-state index is 0.126. The van der Waals surface area contributed by atoms with Crippen LogP contribution >= 0.6 is 15.9 Å². The maximum atomic E-state index is 13.2. The molecular weight excluding hydrogens is 555 g/mol. The molecule has 0 spiro atoms. The number of amides is 1. The average Bonchev–Trinajstić information content (AvgIpc) is 2.93. The lowest BCUT2D eigenvalue weighted by Gasteiger charge is -2.26. The van der Waals surface area contributed by atoms with Crippen molar-refractivity contribution in [3.8, 4) is 17.0 Å². The van der Waals surface area contributed by atoms with E-state index in [4.69, 9.17) is 9.47 Å². The van der Waals surface area contributed by atoms with Crippen LogP contribution in [0.5, 0.6) is 5.88 Å². The first-order valence-electron chi connectivity index (χ1n) is 12.3. The molecule has 0 bridgehead atoms. The van der Waals surface area contributed by atoms with Crippen molar-refractivity contribution in [3.05, 3.63) is 71.1 Å². The van der Waals surface area contributed by atoms with Crippen LogP contribution in [0.2, 0.25) is 0 Å². The Kier molecular flexibility index (Phi) is 8.37. The minimum atomic E-state index is -0.592. The summed E-state index contributed by atoms with van der Waals surface area (Å²) in [5, 5.41) is 6.51. The average molecular weight is 581 g/mol. The summed E-state index contributed by atoms with van der Waals surface area (Å²) in [4.78, 5) is 28.4. The number of halogens is 2. The number of hydrogen-bond donors (Lipinski definition) is 2. The molecule has 0 unspecified atom stereocenters. The molecule has 0 aliphatic carbocycles. The Bertz CT molecular complexity index is 1420. The lowest BCUT2D eigenvalue weighted by Crippen LogP contribution is -2.38. The quantitative estimate of drug-likeness (QED) is 0.276. The molecule has 1 aliphatic rings. The van der Waals surface area contributed by atoms with Crippen LogP contribution in [0.1, 0.15) is 6.42 Å². The monoisotopic (exact) mass is 580 g/mol. The molecule has 9 nitrogen and oxygen atoms in total. The van der Waals surface area contributed by atoms with Crippen molar-refractivity contribution >= 4 is 44.7 Å². The predicted octanol–water partition coefficient (Wildman–Crippen LogP) is 5.15. The molecule has 3 heterocycles. The molecular formula is C27H26BrFN6O3. The van der Waals surface area contributed by atoms with Gasteiger partial charge in [-0.25, -0.2) is 14.2 Å². The molecule has 2 aromatic carbocycles. The zero-order valence-corrected chi connectivity index (χ0v) is 22.1.